The minimum atomic E-state index is -0.337. The van der Waals surface area contributed by atoms with Crippen molar-refractivity contribution in [2.24, 2.45) is 0 Å². The average molecular weight is 356 g/mol. The Balaban J connectivity index is 2.44. The lowest BCUT2D eigenvalue weighted by Gasteiger charge is -2.22. The maximum atomic E-state index is 12.5. The first kappa shape index (κ1) is 18.8. The topological polar surface area (TPSA) is 38.3 Å². The van der Waals surface area contributed by atoms with Gasteiger partial charge < -0.3 is 10.1 Å². The van der Waals surface area contributed by atoms with E-state index in [9.17, 15) is 4.79 Å². The van der Waals surface area contributed by atoms with Crippen LogP contribution in [-0.2, 0) is 9.53 Å². The minimum absolute atomic E-state index is 0.328. The standard InChI is InChI=1S/C21H22ClNO2/c1-3-5-11-19(21(24)25-4-2)20(16-9-7-6-8-10-16)23-18-14-12-17(22)13-15-18/h3,5-15,20,23H,4H2,1-2H3/b5-3+,19-11+. The first-order valence-electron chi connectivity index (χ1n) is 8.22. The van der Waals surface area contributed by atoms with E-state index in [4.69, 9.17) is 16.3 Å². The van der Waals surface area contributed by atoms with Crippen molar-refractivity contribution in [3.8, 4) is 0 Å². The summed E-state index contributed by atoms with van der Waals surface area (Å²) < 4.78 is 5.26. The molecule has 1 unspecified atom stereocenters. The highest BCUT2D eigenvalue weighted by molar-refractivity contribution is 6.30. The second-order valence-corrected chi connectivity index (χ2v) is 5.80. The van der Waals surface area contributed by atoms with Crippen molar-refractivity contribution in [1.29, 1.82) is 0 Å². The fourth-order valence-corrected chi connectivity index (χ4v) is 2.52. The van der Waals surface area contributed by atoms with Crippen LogP contribution >= 0.6 is 11.6 Å². The lowest BCUT2D eigenvalue weighted by Crippen LogP contribution is -2.21. The van der Waals surface area contributed by atoms with E-state index in [1.165, 1.54) is 0 Å². The van der Waals surface area contributed by atoms with Gasteiger partial charge in [0.1, 0.15) is 0 Å². The van der Waals surface area contributed by atoms with Gasteiger partial charge >= 0.3 is 5.97 Å². The Labute approximate surface area is 154 Å². The average Bonchev–Trinajstić information content (AvgIpc) is 2.63. The number of hydrogen-bond donors (Lipinski definition) is 1. The third-order valence-corrected chi connectivity index (χ3v) is 3.83. The van der Waals surface area contributed by atoms with Crippen LogP contribution in [0.4, 0.5) is 5.69 Å². The fraction of sp³-hybridized carbons (Fsp3) is 0.190. The van der Waals surface area contributed by atoms with E-state index in [2.05, 4.69) is 5.32 Å². The number of ether oxygens (including phenoxy) is 1. The molecule has 25 heavy (non-hydrogen) atoms. The minimum Gasteiger partial charge on any atom is -0.463 e. The number of rotatable bonds is 7. The van der Waals surface area contributed by atoms with Crippen LogP contribution in [0.1, 0.15) is 25.5 Å². The van der Waals surface area contributed by atoms with E-state index >= 15 is 0 Å². The maximum absolute atomic E-state index is 12.5. The van der Waals surface area contributed by atoms with Gasteiger partial charge in [0.25, 0.3) is 0 Å². The molecule has 0 saturated carbocycles. The Morgan fingerprint density at radius 2 is 1.84 bits per heavy atom. The second kappa shape index (κ2) is 9.70. The highest BCUT2D eigenvalue weighted by Crippen LogP contribution is 2.28. The van der Waals surface area contributed by atoms with E-state index in [1.54, 1.807) is 13.0 Å². The number of nitrogens with one attached hydrogen (secondary N) is 1. The monoisotopic (exact) mass is 355 g/mol. The van der Waals surface area contributed by atoms with Crippen molar-refractivity contribution in [2.45, 2.75) is 19.9 Å². The van der Waals surface area contributed by atoms with Crippen LogP contribution in [0.25, 0.3) is 0 Å². The van der Waals surface area contributed by atoms with Gasteiger partial charge in [0.15, 0.2) is 0 Å². The van der Waals surface area contributed by atoms with Crippen molar-refractivity contribution in [3.05, 3.63) is 89.0 Å². The molecular weight excluding hydrogens is 334 g/mol. The summed E-state index contributed by atoms with van der Waals surface area (Å²) in [6.45, 7) is 4.03. The molecule has 0 aromatic heterocycles. The van der Waals surface area contributed by atoms with E-state index in [0.717, 1.165) is 11.3 Å². The molecule has 2 aromatic carbocycles. The Bertz CT molecular complexity index is 736. The molecule has 0 saturated heterocycles. The lowest BCUT2D eigenvalue weighted by atomic mass is 9.97. The summed E-state index contributed by atoms with van der Waals surface area (Å²) in [7, 11) is 0. The molecule has 0 fully saturated rings. The van der Waals surface area contributed by atoms with Crippen molar-refractivity contribution < 1.29 is 9.53 Å². The molecular formula is C21H22ClNO2. The SMILES string of the molecule is C/C=C/C=C(/C(=O)OCC)C(Nc1ccc(Cl)cc1)c1ccccc1. The molecule has 1 N–H and O–H groups in total. The van der Waals surface area contributed by atoms with E-state index in [0.29, 0.717) is 17.2 Å². The molecule has 1 atom stereocenters. The van der Waals surface area contributed by atoms with Crippen LogP contribution in [0.2, 0.25) is 5.02 Å². The Morgan fingerprint density at radius 3 is 2.44 bits per heavy atom. The summed E-state index contributed by atoms with van der Waals surface area (Å²) >= 11 is 5.97. The summed E-state index contributed by atoms with van der Waals surface area (Å²) in [5.41, 5.74) is 2.39. The van der Waals surface area contributed by atoms with Crippen molar-refractivity contribution >= 4 is 23.3 Å². The number of anilines is 1. The Hall–Kier alpha value is -2.52. The van der Waals surface area contributed by atoms with Gasteiger partial charge in [-0.25, -0.2) is 4.79 Å². The zero-order valence-corrected chi connectivity index (χ0v) is 15.2. The van der Waals surface area contributed by atoms with Gasteiger partial charge in [-0.15, -0.1) is 0 Å². The molecule has 3 nitrogen and oxygen atoms in total. The number of halogens is 1. The highest BCUT2D eigenvalue weighted by atomic mass is 35.5. The van der Waals surface area contributed by atoms with Crippen LogP contribution in [0.15, 0.2) is 78.4 Å². The molecule has 0 spiro atoms. The van der Waals surface area contributed by atoms with Crippen molar-refractivity contribution in [3.63, 3.8) is 0 Å². The summed E-state index contributed by atoms with van der Waals surface area (Å²) in [6, 6.07) is 16.9. The van der Waals surface area contributed by atoms with E-state index in [1.807, 2.05) is 73.7 Å². The molecule has 4 heteroatoms. The van der Waals surface area contributed by atoms with Crippen molar-refractivity contribution in [1.82, 2.24) is 0 Å². The molecule has 2 aromatic rings. The molecule has 2 rings (SSSR count). The molecule has 0 aliphatic heterocycles. The highest BCUT2D eigenvalue weighted by Gasteiger charge is 2.23. The van der Waals surface area contributed by atoms with Crippen LogP contribution in [-0.4, -0.2) is 12.6 Å². The maximum Gasteiger partial charge on any atom is 0.336 e. The van der Waals surface area contributed by atoms with Gasteiger partial charge in [-0.1, -0.05) is 54.1 Å². The quantitative estimate of drug-likeness (QED) is 0.401. The summed E-state index contributed by atoms with van der Waals surface area (Å²) in [5.74, 6) is -0.337. The Kier molecular flexibility index (Phi) is 7.30. The third-order valence-electron chi connectivity index (χ3n) is 3.58. The third kappa shape index (κ3) is 5.50. The molecule has 0 amide bonds. The zero-order valence-electron chi connectivity index (χ0n) is 14.4. The van der Waals surface area contributed by atoms with Crippen LogP contribution in [0.5, 0.6) is 0 Å². The van der Waals surface area contributed by atoms with Gasteiger partial charge in [-0.05, 0) is 49.8 Å². The van der Waals surface area contributed by atoms with E-state index < -0.39 is 0 Å². The first-order chi connectivity index (χ1) is 12.2. The van der Waals surface area contributed by atoms with Crippen LogP contribution in [0, 0.1) is 0 Å². The van der Waals surface area contributed by atoms with Crippen LogP contribution in [0.3, 0.4) is 0 Å². The predicted octanol–water partition coefficient (Wildman–Crippen LogP) is 5.56. The molecule has 0 radical (unpaired) electrons. The first-order valence-corrected chi connectivity index (χ1v) is 8.60. The molecule has 0 aliphatic carbocycles. The summed E-state index contributed by atoms with van der Waals surface area (Å²) in [5, 5.41) is 4.07. The summed E-state index contributed by atoms with van der Waals surface area (Å²) in [4.78, 5) is 12.5. The van der Waals surface area contributed by atoms with Gasteiger partial charge in [0.05, 0.1) is 18.2 Å². The molecule has 0 aliphatic rings. The second-order valence-electron chi connectivity index (χ2n) is 5.36. The smallest absolute Gasteiger partial charge is 0.336 e. The van der Waals surface area contributed by atoms with Crippen molar-refractivity contribution in [2.75, 3.05) is 11.9 Å². The van der Waals surface area contributed by atoms with Gasteiger partial charge in [-0.2, -0.15) is 0 Å². The number of allylic oxidation sites excluding steroid dienone is 3. The molecule has 0 bridgehead atoms. The molecule has 0 heterocycles. The van der Waals surface area contributed by atoms with Gasteiger partial charge in [0, 0.05) is 10.7 Å². The number of carbonyl (C=O) groups is 1. The van der Waals surface area contributed by atoms with Gasteiger partial charge in [-0.3, -0.25) is 0 Å². The van der Waals surface area contributed by atoms with Gasteiger partial charge in [0.2, 0.25) is 0 Å². The lowest BCUT2D eigenvalue weighted by molar-refractivity contribution is -0.138. The number of esters is 1. The molecule has 130 valence electrons. The van der Waals surface area contributed by atoms with E-state index in [-0.39, 0.29) is 12.0 Å². The number of hydrogen-bond acceptors (Lipinski definition) is 3. The largest absolute Gasteiger partial charge is 0.463 e. The summed E-state index contributed by atoms with van der Waals surface area (Å²) in [6.07, 6.45) is 5.51. The zero-order chi connectivity index (χ0) is 18.1. The predicted molar refractivity (Wildman–Crippen MR) is 104 cm³/mol. The Morgan fingerprint density at radius 1 is 1.16 bits per heavy atom. The number of benzene rings is 2. The van der Waals surface area contributed by atoms with Crippen LogP contribution < -0.4 is 5.32 Å². The normalized spacial score (nSPS) is 12.8. The fourth-order valence-electron chi connectivity index (χ4n) is 2.40. The number of carbonyl (C=O) groups excluding carboxylic acids is 1.